The molecular formula is C21H15ClFN5O. The van der Waals surface area contributed by atoms with E-state index >= 15 is 0 Å². The van der Waals surface area contributed by atoms with Gasteiger partial charge in [-0.25, -0.2) is 9.07 Å². The third-order valence-corrected chi connectivity index (χ3v) is 4.51. The van der Waals surface area contributed by atoms with E-state index in [2.05, 4.69) is 20.6 Å². The van der Waals surface area contributed by atoms with Crippen LogP contribution in [-0.2, 0) is 6.54 Å². The number of pyridine rings is 1. The van der Waals surface area contributed by atoms with E-state index in [1.165, 1.54) is 12.1 Å². The van der Waals surface area contributed by atoms with Crippen LogP contribution < -0.4 is 5.32 Å². The second-order valence-corrected chi connectivity index (χ2v) is 6.66. The SMILES string of the molecule is O=C(NCc1ccc(F)cc1)c1nnn(-c2ccc(Cl)cc2)c1-c1cccnc1. The highest BCUT2D eigenvalue weighted by atomic mass is 35.5. The van der Waals surface area contributed by atoms with Gasteiger partial charge in [-0.2, -0.15) is 0 Å². The van der Waals surface area contributed by atoms with Crippen molar-refractivity contribution in [3.63, 3.8) is 0 Å². The zero-order valence-electron chi connectivity index (χ0n) is 15.1. The van der Waals surface area contributed by atoms with Gasteiger partial charge in [-0.15, -0.1) is 5.10 Å². The van der Waals surface area contributed by atoms with Gasteiger partial charge in [0, 0.05) is 29.5 Å². The fourth-order valence-electron chi connectivity index (χ4n) is 2.83. The molecule has 6 nitrogen and oxygen atoms in total. The molecule has 29 heavy (non-hydrogen) atoms. The molecule has 0 bridgehead atoms. The maximum atomic E-state index is 13.1. The topological polar surface area (TPSA) is 72.7 Å². The summed E-state index contributed by atoms with van der Waals surface area (Å²) in [6.45, 7) is 0.236. The van der Waals surface area contributed by atoms with Crippen molar-refractivity contribution in [1.82, 2.24) is 25.3 Å². The number of halogens is 2. The molecule has 0 atom stereocenters. The Morgan fingerprint density at radius 2 is 1.83 bits per heavy atom. The third kappa shape index (κ3) is 4.14. The lowest BCUT2D eigenvalue weighted by Crippen LogP contribution is -2.24. The zero-order valence-corrected chi connectivity index (χ0v) is 15.8. The molecule has 0 spiro atoms. The van der Waals surface area contributed by atoms with Crippen LogP contribution in [0.5, 0.6) is 0 Å². The Morgan fingerprint density at radius 1 is 1.07 bits per heavy atom. The molecule has 2 aromatic heterocycles. The summed E-state index contributed by atoms with van der Waals surface area (Å²) >= 11 is 5.98. The molecule has 0 saturated heterocycles. The number of benzene rings is 2. The van der Waals surface area contributed by atoms with Crippen molar-refractivity contribution in [3.05, 3.63) is 95.2 Å². The highest BCUT2D eigenvalue weighted by Crippen LogP contribution is 2.25. The summed E-state index contributed by atoms with van der Waals surface area (Å²) in [5.74, 6) is -0.724. The van der Waals surface area contributed by atoms with Crippen molar-refractivity contribution in [2.45, 2.75) is 6.54 Å². The van der Waals surface area contributed by atoms with Crippen LogP contribution >= 0.6 is 11.6 Å². The van der Waals surface area contributed by atoms with E-state index in [1.807, 2.05) is 6.07 Å². The molecule has 1 amide bonds. The van der Waals surface area contributed by atoms with Crippen LogP contribution in [-0.4, -0.2) is 25.9 Å². The first kappa shape index (κ1) is 18.8. The average molecular weight is 408 g/mol. The first-order chi connectivity index (χ1) is 14.1. The van der Waals surface area contributed by atoms with Gasteiger partial charge in [0.25, 0.3) is 5.91 Å². The van der Waals surface area contributed by atoms with Gasteiger partial charge in [-0.05, 0) is 54.1 Å². The number of carbonyl (C=O) groups excluding carboxylic acids is 1. The Hall–Kier alpha value is -3.58. The van der Waals surface area contributed by atoms with E-state index in [0.717, 1.165) is 5.56 Å². The van der Waals surface area contributed by atoms with Crippen molar-refractivity contribution in [2.24, 2.45) is 0 Å². The van der Waals surface area contributed by atoms with Crippen LogP contribution in [0.3, 0.4) is 0 Å². The van der Waals surface area contributed by atoms with E-state index in [4.69, 9.17) is 11.6 Å². The zero-order chi connectivity index (χ0) is 20.2. The molecule has 0 aliphatic heterocycles. The molecule has 8 heteroatoms. The minimum absolute atomic E-state index is 0.162. The Bertz CT molecular complexity index is 1130. The van der Waals surface area contributed by atoms with Gasteiger partial charge in [0.1, 0.15) is 11.5 Å². The summed E-state index contributed by atoms with van der Waals surface area (Å²) in [5.41, 5.74) is 2.84. The van der Waals surface area contributed by atoms with Gasteiger partial charge >= 0.3 is 0 Å². The first-order valence-electron chi connectivity index (χ1n) is 8.76. The minimum atomic E-state index is -0.395. The summed E-state index contributed by atoms with van der Waals surface area (Å²) in [6.07, 6.45) is 3.29. The van der Waals surface area contributed by atoms with Crippen LogP contribution in [0.1, 0.15) is 16.1 Å². The number of rotatable bonds is 5. The van der Waals surface area contributed by atoms with Crippen molar-refractivity contribution in [2.75, 3.05) is 0 Å². The van der Waals surface area contributed by atoms with Crippen LogP contribution in [0.25, 0.3) is 16.9 Å². The molecule has 4 aromatic rings. The van der Waals surface area contributed by atoms with Crippen LogP contribution in [0.4, 0.5) is 4.39 Å². The van der Waals surface area contributed by atoms with Crippen molar-refractivity contribution >= 4 is 17.5 Å². The smallest absolute Gasteiger partial charge is 0.274 e. The van der Waals surface area contributed by atoms with Crippen LogP contribution in [0.2, 0.25) is 5.02 Å². The lowest BCUT2D eigenvalue weighted by atomic mass is 10.1. The van der Waals surface area contributed by atoms with Gasteiger partial charge in [-0.1, -0.05) is 28.9 Å². The molecule has 2 aromatic carbocycles. The maximum Gasteiger partial charge on any atom is 0.274 e. The van der Waals surface area contributed by atoms with E-state index in [9.17, 15) is 9.18 Å². The minimum Gasteiger partial charge on any atom is -0.346 e. The molecule has 0 saturated carbocycles. The van der Waals surface area contributed by atoms with E-state index in [-0.39, 0.29) is 18.1 Å². The highest BCUT2D eigenvalue weighted by molar-refractivity contribution is 6.30. The monoisotopic (exact) mass is 407 g/mol. The Labute approximate surface area is 171 Å². The maximum absolute atomic E-state index is 13.1. The second-order valence-electron chi connectivity index (χ2n) is 6.23. The van der Waals surface area contributed by atoms with E-state index < -0.39 is 5.91 Å². The number of aromatic nitrogens is 4. The van der Waals surface area contributed by atoms with E-state index in [0.29, 0.717) is 22.0 Å². The Morgan fingerprint density at radius 3 is 2.52 bits per heavy atom. The molecule has 0 aliphatic rings. The van der Waals surface area contributed by atoms with Crippen molar-refractivity contribution in [3.8, 4) is 16.9 Å². The molecule has 1 N–H and O–H groups in total. The molecule has 144 valence electrons. The number of nitrogens with zero attached hydrogens (tertiary/aromatic N) is 4. The average Bonchev–Trinajstić information content (AvgIpc) is 3.19. The molecule has 0 fully saturated rings. The quantitative estimate of drug-likeness (QED) is 0.541. The van der Waals surface area contributed by atoms with Gasteiger partial charge in [0.05, 0.1) is 5.69 Å². The number of carbonyl (C=O) groups is 1. The first-order valence-corrected chi connectivity index (χ1v) is 9.14. The number of hydrogen-bond acceptors (Lipinski definition) is 4. The van der Waals surface area contributed by atoms with Gasteiger partial charge in [-0.3, -0.25) is 9.78 Å². The Kier molecular flexibility index (Phi) is 5.31. The fraction of sp³-hybridized carbons (Fsp3) is 0.0476. The van der Waals surface area contributed by atoms with E-state index in [1.54, 1.807) is 59.5 Å². The predicted molar refractivity (Wildman–Crippen MR) is 107 cm³/mol. The summed E-state index contributed by atoms with van der Waals surface area (Å²) in [4.78, 5) is 17.0. The number of nitrogens with one attached hydrogen (secondary N) is 1. The largest absolute Gasteiger partial charge is 0.346 e. The van der Waals surface area contributed by atoms with Gasteiger partial charge in [0.15, 0.2) is 5.69 Å². The van der Waals surface area contributed by atoms with Crippen LogP contribution in [0, 0.1) is 5.82 Å². The molecule has 0 unspecified atom stereocenters. The third-order valence-electron chi connectivity index (χ3n) is 4.26. The van der Waals surface area contributed by atoms with Crippen molar-refractivity contribution in [1.29, 1.82) is 0 Å². The normalized spacial score (nSPS) is 10.7. The summed E-state index contributed by atoms with van der Waals surface area (Å²) in [6, 6.07) is 16.6. The predicted octanol–water partition coefficient (Wildman–Crippen LogP) is 4.05. The standard InChI is InChI=1S/C21H15ClFN5O/c22-16-5-9-18(10-6-16)28-20(15-2-1-11-24-13-15)19(26-27-28)21(29)25-12-14-3-7-17(23)8-4-14/h1-11,13H,12H2,(H,25,29). The van der Waals surface area contributed by atoms with Gasteiger partial charge in [0.2, 0.25) is 0 Å². The molecule has 0 aliphatic carbocycles. The molecule has 4 rings (SSSR count). The van der Waals surface area contributed by atoms with Crippen LogP contribution in [0.15, 0.2) is 73.1 Å². The number of hydrogen-bond donors (Lipinski definition) is 1. The summed E-state index contributed by atoms with van der Waals surface area (Å²) in [5, 5.41) is 11.7. The summed E-state index contributed by atoms with van der Waals surface area (Å²) in [7, 11) is 0. The fourth-order valence-corrected chi connectivity index (χ4v) is 2.95. The summed E-state index contributed by atoms with van der Waals surface area (Å²) < 4.78 is 14.6. The molecule has 2 heterocycles. The molecular weight excluding hydrogens is 393 g/mol. The van der Waals surface area contributed by atoms with Gasteiger partial charge < -0.3 is 5.32 Å². The highest BCUT2D eigenvalue weighted by Gasteiger charge is 2.22. The van der Waals surface area contributed by atoms with Crippen molar-refractivity contribution < 1.29 is 9.18 Å². The lowest BCUT2D eigenvalue weighted by Gasteiger charge is -2.09. The number of amides is 1. The Balaban J connectivity index is 1.68. The lowest BCUT2D eigenvalue weighted by molar-refractivity contribution is 0.0946. The second kappa shape index (κ2) is 8.20. The molecule has 0 radical (unpaired) electrons.